The summed E-state index contributed by atoms with van der Waals surface area (Å²) in [7, 11) is 0. The number of hydrazine groups is 1. The molecule has 3 N–H and O–H groups in total. The van der Waals surface area contributed by atoms with Gasteiger partial charge in [-0.05, 0) is 48.9 Å². The van der Waals surface area contributed by atoms with E-state index in [1.165, 1.54) is 0 Å². The second kappa shape index (κ2) is 8.05. The number of urea groups is 1. The van der Waals surface area contributed by atoms with E-state index in [2.05, 4.69) is 16.2 Å². The molecule has 2 rings (SSSR count). The van der Waals surface area contributed by atoms with Gasteiger partial charge in [-0.15, -0.1) is 0 Å². The van der Waals surface area contributed by atoms with Gasteiger partial charge in [-0.25, -0.2) is 10.2 Å². The van der Waals surface area contributed by atoms with Gasteiger partial charge < -0.3 is 10.1 Å². The van der Waals surface area contributed by atoms with Gasteiger partial charge in [0, 0.05) is 10.7 Å². The van der Waals surface area contributed by atoms with Crippen molar-refractivity contribution in [3.8, 4) is 5.75 Å². The Kier molecular flexibility index (Phi) is 5.82. The molecule has 0 spiro atoms. The first-order valence-electron chi connectivity index (χ1n) is 6.84. The number of ether oxygens (including phenoxy) is 1. The number of benzene rings is 2. The summed E-state index contributed by atoms with van der Waals surface area (Å²) in [6.45, 7) is 1.72. The fraction of sp³-hybridized carbons (Fsp3) is 0.125. The van der Waals surface area contributed by atoms with Gasteiger partial charge in [0.25, 0.3) is 5.91 Å². The summed E-state index contributed by atoms with van der Waals surface area (Å²) in [6.07, 6.45) is 0. The predicted octanol–water partition coefficient (Wildman–Crippen LogP) is 2.88. The minimum Gasteiger partial charge on any atom is -0.484 e. The molecule has 0 aromatic heterocycles. The fourth-order valence-electron chi connectivity index (χ4n) is 1.71. The van der Waals surface area contributed by atoms with E-state index in [9.17, 15) is 9.59 Å². The fourth-order valence-corrected chi connectivity index (χ4v) is 1.84. The van der Waals surface area contributed by atoms with Crippen LogP contribution < -0.4 is 20.9 Å². The minimum absolute atomic E-state index is 0.204. The molecule has 2 aromatic rings. The van der Waals surface area contributed by atoms with Crippen LogP contribution in [0.25, 0.3) is 0 Å². The third kappa shape index (κ3) is 5.88. The third-order valence-electron chi connectivity index (χ3n) is 2.78. The zero-order chi connectivity index (χ0) is 16.7. The molecule has 0 aliphatic carbocycles. The maximum atomic E-state index is 11.6. The average Bonchev–Trinajstić information content (AvgIpc) is 2.53. The van der Waals surface area contributed by atoms with E-state index < -0.39 is 11.9 Å². The Hall–Kier alpha value is -2.73. The molecule has 0 atom stereocenters. The van der Waals surface area contributed by atoms with E-state index in [-0.39, 0.29) is 6.61 Å². The van der Waals surface area contributed by atoms with Crippen LogP contribution in [-0.2, 0) is 4.79 Å². The van der Waals surface area contributed by atoms with Gasteiger partial charge in [0.05, 0.1) is 0 Å². The highest BCUT2D eigenvalue weighted by Gasteiger charge is 2.06. The summed E-state index contributed by atoms with van der Waals surface area (Å²) in [5.74, 6) is 0.114. The number of halogens is 1. The van der Waals surface area contributed by atoms with Crippen molar-refractivity contribution in [1.82, 2.24) is 10.9 Å². The molecule has 0 aliphatic heterocycles. The van der Waals surface area contributed by atoms with Crippen LogP contribution in [0.15, 0.2) is 48.5 Å². The summed E-state index contributed by atoms with van der Waals surface area (Å²) < 4.78 is 5.31. The van der Waals surface area contributed by atoms with Gasteiger partial charge in [0.2, 0.25) is 0 Å². The van der Waals surface area contributed by atoms with Crippen LogP contribution in [0.3, 0.4) is 0 Å². The zero-order valence-corrected chi connectivity index (χ0v) is 13.2. The summed E-state index contributed by atoms with van der Waals surface area (Å²) >= 11 is 5.75. The molecule has 0 bridgehead atoms. The van der Waals surface area contributed by atoms with E-state index >= 15 is 0 Å². The Balaban J connectivity index is 1.71. The van der Waals surface area contributed by atoms with Crippen LogP contribution in [0, 0.1) is 6.92 Å². The van der Waals surface area contributed by atoms with Crippen LogP contribution in [0.2, 0.25) is 5.02 Å². The number of hydrogen-bond acceptors (Lipinski definition) is 3. The predicted molar refractivity (Wildman–Crippen MR) is 88.4 cm³/mol. The highest BCUT2D eigenvalue weighted by Crippen LogP contribution is 2.13. The number of hydrogen-bond donors (Lipinski definition) is 3. The molecular formula is C16H16ClN3O3. The minimum atomic E-state index is -0.573. The first kappa shape index (κ1) is 16.6. The summed E-state index contributed by atoms with van der Waals surface area (Å²) in [4.78, 5) is 23.2. The standard InChI is InChI=1S/C16H16ClN3O3/c1-11-3-2-4-14(9-11)23-10-15(21)19-20-16(22)18-13-7-5-12(17)6-8-13/h2-9H,10H2,1H3,(H,19,21)(H2,18,20,22). The Morgan fingerprint density at radius 2 is 1.83 bits per heavy atom. The number of aryl methyl sites for hydroxylation is 1. The average molecular weight is 334 g/mol. The SMILES string of the molecule is Cc1cccc(OCC(=O)NNC(=O)Nc2ccc(Cl)cc2)c1. The van der Waals surface area contributed by atoms with Crippen molar-refractivity contribution in [2.75, 3.05) is 11.9 Å². The second-order valence-corrected chi connectivity index (χ2v) is 5.18. The second-order valence-electron chi connectivity index (χ2n) is 4.74. The number of anilines is 1. The molecule has 0 saturated heterocycles. The lowest BCUT2D eigenvalue weighted by Crippen LogP contribution is -2.45. The lowest BCUT2D eigenvalue weighted by atomic mass is 10.2. The van der Waals surface area contributed by atoms with Gasteiger partial charge in [-0.2, -0.15) is 0 Å². The van der Waals surface area contributed by atoms with E-state index in [0.29, 0.717) is 16.5 Å². The summed E-state index contributed by atoms with van der Waals surface area (Å²) in [6, 6.07) is 13.3. The largest absolute Gasteiger partial charge is 0.484 e. The van der Waals surface area contributed by atoms with Gasteiger partial charge >= 0.3 is 6.03 Å². The smallest absolute Gasteiger partial charge is 0.337 e. The van der Waals surface area contributed by atoms with Crippen LogP contribution in [0.1, 0.15) is 5.56 Å². The van der Waals surface area contributed by atoms with Crippen LogP contribution in [0.5, 0.6) is 5.75 Å². The van der Waals surface area contributed by atoms with Crippen molar-refractivity contribution < 1.29 is 14.3 Å². The Morgan fingerprint density at radius 1 is 1.09 bits per heavy atom. The highest BCUT2D eigenvalue weighted by atomic mass is 35.5. The molecule has 3 amide bonds. The molecular weight excluding hydrogens is 318 g/mol. The lowest BCUT2D eigenvalue weighted by Gasteiger charge is -2.10. The Bertz CT molecular complexity index is 689. The van der Waals surface area contributed by atoms with Crippen molar-refractivity contribution in [2.24, 2.45) is 0 Å². The van der Waals surface area contributed by atoms with Crippen molar-refractivity contribution in [3.05, 3.63) is 59.1 Å². The van der Waals surface area contributed by atoms with E-state index in [1.54, 1.807) is 30.3 Å². The van der Waals surface area contributed by atoms with E-state index in [0.717, 1.165) is 5.56 Å². The van der Waals surface area contributed by atoms with Gasteiger partial charge in [-0.3, -0.25) is 10.2 Å². The first-order valence-corrected chi connectivity index (χ1v) is 7.21. The molecule has 0 radical (unpaired) electrons. The van der Waals surface area contributed by atoms with Gasteiger partial charge in [-0.1, -0.05) is 23.7 Å². The third-order valence-corrected chi connectivity index (χ3v) is 3.03. The Morgan fingerprint density at radius 3 is 2.52 bits per heavy atom. The molecule has 7 heteroatoms. The molecule has 0 saturated carbocycles. The normalized spacial score (nSPS) is 9.83. The molecule has 0 fully saturated rings. The quantitative estimate of drug-likeness (QED) is 0.753. The van der Waals surface area contributed by atoms with Crippen molar-refractivity contribution in [3.63, 3.8) is 0 Å². The van der Waals surface area contributed by atoms with E-state index in [1.807, 2.05) is 25.1 Å². The maximum Gasteiger partial charge on any atom is 0.337 e. The zero-order valence-electron chi connectivity index (χ0n) is 12.4. The van der Waals surface area contributed by atoms with Crippen molar-refractivity contribution in [1.29, 1.82) is 0 Å². The number of rotatable bonds is 4. The van der Waals surface area contributed by atoms with Gasteiger partial charge in [0.1, 0.15) is 5.75 Å². The van der Waals surface area contributed by atoms with Crippen LogP contribution >= 0.6 is 11.6 Å². The van der Waals surface area contributed by atoms with Crippen molar-refractivity contribution >= 4 is 29.2 Å². The molecule has 0 heterocycles. The molecule has 23 heavy (non-hydrogen) atoms. The molecule has 120 valence electrons. The maximum absolute atomic E-state index is 11.6. The molecule has 0 aliphatic rings. The summed E-state index contributed by atoms with van der Waals surface area (Å²) in [5, 5.41) is 3.11. The number of nitrogens with one attached hydrogen (secondary N) is 3. The van der Waals surface area contributed by atoms with E-state index in [4.69, 9.17) is 16.3 Å². The summed E-state index contributed by atoms with van der Waals surface area (Å²) in [5.41, 5.74) is 6.06. The number of amides is 3. The lowest BCUT2D eigenvalue weighted by molar-refractivity contribution is -0.123. The highest BCUT2D eigenvalue weighted by molar-refractivity contribution is 6.30. The Labute approximate surface area is 138 Å². The topological polar surface area (TPSA) is 79.5 Å². The van der Waals surface area contributed by atoms with Crippen molar-refractivity contribution in [2.45, 2.75) is 6.92 Å². The number of carbonyl (C=O) groups is 2. The molecule has 6 nitrogen and oxygen atoms in total. The first-order chi connectivity index (χ1) is 11.0. The van der Waals surface area contributed by atoms with Gasteiger partial charge in [0.15, 0.2) is 6.61 Å². The number of carbonyl (C=O) groups excluding carboxylic acids is 2. The monoisotopic (exact) mass is 333 g/mol. The van der Waals surface area contributed by atoms with Crippen LogP contribution in [0.4, 0.5) is 10.5 Å². The molecule has 2 aromatic carbocycles. The molecule has 0 unspecified atom stereocenters. The van der Waals surface area contributed by atoms with Crippen LogP contribution in [-0.4, -0.2) is 18.5 Å².